The van der Waals surface area contributed by atoms with Crippen molar-refractivity contribution in [3.05, 3.63) is 23.3 Å². The summed E-state index contributed by atoms with van der Waals surface area (Å²) in [7, 11) is 0. The van der Waals surface area contributed by atoms with Crippen LogP contribution in [0.1, 0.15) is 105 Å². The highest BCUT2D eigenvalue weighted by Crippen LogP contribution is 2.41. The van der Waals surface area contributed by atoms with Gasteiger partial charge in [0.25, 0.3) is 0 Å². The van der Waals surface area contributed by atoms with Gasteiger partial charge in [-0.2, -0.15) is 0 Å². The van der Waals surface area contributed by atoms with Crippen LogP contribution in [-0.4, -0.2) is 11.1 Å². The average molecular weight is 377 g/mol. The Morgan fingerprint density at radius 1 is 0.926 bits per heavy atom. The molecule has 3 heteroatoms. The second-order valence-electron chi connectivity index (χ2n) is 10.2. The lowest BCUT2D eigenvalue weighted by molar-refractivity contribution is -0.134. The lowest BCUT2D eigenvalue weighted by Gasteiger charge is -2.27. The molecule has 0 aliphatic carbocycles. The first kappa shape index (κ1) is 23.5. The molecule has 3 nitrogen and oxygen atoms in total. The van der Waals surface area contributed by atoms with E-state index in [4.69, 9.17) is 4.74 Å². The quantitative estimate of drug-likeness (QED) is 0.305. The Kier molecular flexibility index (Phi) is 8.38. The van der Waals surface area contributed by atoms with Crippen LogP contribution < -0.4 is 4.74 Å². The maximum Gasteiger partial charge on any atom is 0.311 e. The van der Waals surface area contributed by atoms with Gasteiger partial charge >= 0.3 is 5.97 Å². The van der Waals surface area contributed by atoms with Crippen LogP contribution in [0.25, 0.3) is 0 Å². The molecule has 0 amide bonds. The van der Waals surface area contributed by atoms with Crippen molar-refractivity contribution in [3.8, 4) is 11.5 Å². The van der Waals surface area contributed by atoms with Gasteiger partial charge in [0, 0.05) is 17.5 Å². The number of hydrogen-bond acceptors (Lipinski definition) is 3. The Labute approximate surface area is 166 Å². The first-order valence-electron chi connectivity index (χ1n) is 10.4. The van der Waals surface area contributed by atoms with Crippen molar-refractivity contribution in [1.82, 2.24) is 0 Å². The van der Waals surface area contributed by atoms with Crippen LogP contribution >= 0.6 is 0 Å². The Balaban J connectivity index is 2.78. The molecule has 154 valence electrons. The van der Waals surface area contributed by atoms with Crippen molar-refractivity contribution in [3.63, 3.8) is 0 Å². The Bertz CT molecular complexity index is 580. The number of aromatic hydroxyl groups is 1. The molecule has 0 saturated heterocycles. The van der Waals surface area contributed by atoms with Gasteiger partial charge in [0.1, 0.15) is 11.5 Å². The van der Waals surface area contributed by atoms with Crippen LogP contribution in [0, 0.1) is 5.92 Å². The second-order valence-corrected chi connectivity index (χ2v) is 10.2. The van der Waals surface area contributed by atoms with Gasteiger partial charge in [-0.15, -0.1) is 0 Å². The second kappa shape index (κ2) is 9.61. The highest BCUT2D eigenvalue weighted by atomic mass is 16.5. The average Bonchev–Trinajstić information content (AvgIpc) is 2.49. The zero-order chi connectivity index (χ0) is 20.8. The molecule has 1 N–H and O–H groups in total. The molecule has 0 atom stereocenters. The van der Waals surface area contributed by atoms with Gasteiger partial charge in [-0.1, -0.05) is 81.1 Å². The zero-order valence-corrected chi connectivity index (χ0v) is 18.7. The first-order chi connectivity index (χ1) is 12.3. The van der Waals surface area contributed by atoms with Crippen molar-refractivity contribution in [2.75, 3.05) is 0 Å². The summed E-state index contributed by atoms with van der Waals surface area (Å²) < 4.78 is 5.64. The minimum atomic E-state index is -0.233. The molecule has 1 rings (SSSR count). The maximum absolute atomic E-state index is 12.3. The van der Waals surface area contributed by atoms with Gasteiger partial charge in [-0.3, -0.25) is 4.79 Å². The summed E-state index contributed by atoms with van der Waals surface area (Å²) in [5, 5.41) is 10.7. The van der Waals surface area contributed by atoms with Gasteiger partial charge in [-0.05, 0) is 35.3 Å². The third-order valence-corrected chi connectivity index (χ3v) is 4.84. The number of phenolic OH excluding ortho intramolecular Hbond substituents is 1. The monoisotopic (exact) mass is 376 g/mol. The van der Waals surface area contributed by atoms with E-state index >= 15 is 0 Å². The van der Waals surface area contributed by atoms with E-state index in [1.807, 2.05) is 12.1 Å². The largest absolute Gasteiger partial charge is 0.507 e. The molecule has 1 aromatic carbocycles. The molecule has 0 fully saturated rings. The number of carbonyl (C=O) groups is 1. The standard InChI is InChI=1S/C24H40O3/c1-17(2)13-11-9-10-12-14-21(25)27-18-15-19(23(3,4)5)22(26)20(16-18)24(6,7)8/h15-17,26H,9-14H2,1-8H3. The molecular weight excluding hydrogens is 336 g/mol. The van der Waals surface area contributed by atoms with E-state index in [9.17, 15) is 9.90 Å². The van der Waals surface area contributed by atoms with E-state index in [0.29, 0.717) is 17.9 Å². The van der Waals surface area contributed by atoms with Crippen LogP contribution in [0.2, 0.25) is 0 Å². The SMILES string of the molecule is CC(C)CCCCCCC(=O)Oc1cc(C(C)(C)C)c(O)c(C(C)(C)C)c1. The van der Waals surface area contributed by atoms with Crippen LogP contribution in [0.3, 0.4) is 0 Å². The molecule has 0 saturated carbocycles. The maximum atomic E-state index is 12.3. The third-order valence-electron chi connectivity index (χ3n) is 4.84. The predicted molar refractivity (Wildman–Crippen MR) is 114 cm³/mol. The van der Waals surface area contributed by atoms with Crippen molar-refractivity contribution >= 4 is 5.97 Å². The number of benzene rings is 1. The molecule has 0 aliphatic heterocycles. The molecule has 1 aromatic rings. The van der Waals surface area contributed by atoms with E-state index in [1.165, 1.54) is 19.3 Å². The summed E-state index contributed by atoms with van der Waals surface area (Å²) in [4.78, 5) is 12.3. The minimum absolute atomic E-state index is 0.190. The summed E-state index contributed by atoms with van der Waals surface area (Å²) in [5.41, 5.74) is 1.16. The van der Waals surface area contributed by atoms with Crippen LogP contribution in [0.15, 0.2) is 12.1 Å². The van der Waals surface area contributed by atoms with Gasteiger partial charge in [0.2, 0.25) is 0 Å². The summed E-state index contributed by atoms with van der Waals surface area (Å²) in [6.07, 6.45) is 6.04. The highest BCUT2D eigenvalue weighted by molar-refractivity contribution is 5.72. The Morgan fingerprint density at radius 2 is 1.41 bits per heavy atom. The molecule has 0 aromatic heterocycles. The molecule has 0 radical (unpaired) electrons. The normalized spacial score (nSPS) is 12.5. The van der Waals surface area contributed by atoms with E-state index in [0.717, 1.165) is 29.9 Å². The molecule has 0 heterocycles. The molecule has 0 spiro atoms. The summed E-state index contributed by atoms with van der Waals surface area (Å²) in [6.45, 7) is 16.8. The Morgan fingerprint density at radius 3 is 1.85 bits per heavy atom. The predicted octanol–water partition coefficient (Wildman–Crippen LogP) is 6.89. The fraction of sp³-hybridized carbons (Fsp3) is 0.708. The van der Waals surface area contributed by atoms with Crippen molar-refractivity contribution in [2.24, 2.45) is 5.92 Å². The fourth-order valence-electron chi connectivity index (χ4n) is 3.17. The van der Waals surface area contributed by atoms with Gasteiger partial charge < -0.3 is 9.84 Å². The summed E-state index contributed by atoms with van der Waals surface area (Å²) in [6, 6.07) is 3.62. The fourth-order valence-corrected chi connectivity index (χ4v) is 3.17. The number of hydrogen-bond donors (Lipinski definition) is 1. The van der Waals surface area contributed by atoms with Crippen LogP contribution in [-0.2, 0) is 15.6 Å². The van der Waals surface area contributed by atoms with Crippen molar-refractivity contribution in [1.29, 1.82) is 0 Å². The first-order valence-corrected chi connectivity index (χ1v) is 10.4. The number of phenols is 1. The number of unbranched alkanes of at least 4 members (excludes halogenated alkanes) is 3. The van der Waals surface area contributed by atoms with Crippen molar-refractivity contribution < 1.29 is 14.6 Å². The van der Waals surface area contributed by atoms with Gasteiger partial charge in [-0.25, -0.2) is 0 Å². The summed E-state index contributed by atoms with van der Waals surface area (Å²) in [5.74, 6) is 1.40. The number of esters is 1. The zero-order valence-electron chi connectivity index (χ0n) is 18.7. The molecule has 27 heavy (non-hydrogen) atoms. The molecule has 0 bridgehead atoms. The molecule has 0 unspecified atom stereocenters. The number of carbonyl (C=O) groups excluding carboxylic acids is 1. The topological polar surface area (TPSA) is 46.5 Å². The smallest absolute Gasteiger partial charge is 0.311 e. The number of ether oxygens (including phenoxy) is 1. The van der Waals surface area contributed by atoms with Crippen LogP contribution in [0.4, 0.5) is 0 Å². The van der Waals surface area contributed by atoms with Crippen LogP contribution in [0.5, 0.6) is 11.5 Å². The van der Waals surface area contributed by atoms with Gasteiger partial charge in [0.05, 0.1) is 0 Å². The number of rotatable bonds is 8. The van der Waals surface area contributed by atoms with E-state index in [2.05, 4.69) is 55.4 Å². The Hall–Kier alpha value is -1.51. The molecule has 0 aliphatic rings. The van der Waals surface area contributed by atoms with E-state index in [-0.39, 0.29) is 16.8 Å². The van der Waals surface area contributed by atoms with E-state index < -0.39 is 0 Å². The lowest BCUT2D eigenvalue weighted by Crippen LogP contribution is -2.18. The third kappa shape index (κ3) is 7.94. The van der Waals surface area contributed by atoms with E-state index in [1.54, 1.807) is 0 Å². The highest BCUT2D eigenvalue weighted by Gasteiger charge is 2.27. The molecular formula is C24H40O3. The summed E-state index contributed by atoms with van der Waals surface area (Å²) >= 11 is 0. The minimum Gasteiger partial charge on any atom is -0.507 e. The van der Waals surface area contributed by atoms with Crippen molar-refractivity contribution in [2.45, 2.75) is 105 Å². The lowest BCUT2D eigenvalue weighted by atomic mass is 9.79. The van der Waals surface area contributed by atoms with Gasteiger partial charge in [0.15, 0.2) is 0 Å².